The van der Waals surface area contributed by atoms with Crippen LogP contribution in [0.15, 0.2) is 66.7 Å². The zero-order valence-electron chi connectivity index (χ0n) is 13.9. The molecule has 0 fully saturated rings. The highest BCUT2D eigenvalue weighted by atomic mass is 19.3. The summed E-state index contributed by atoms with van der Waals surface area (Å²) in [4.78, 5) is 0. The maximum Gasteiger partial charge on any atom is 0.426 e. The maximum absolute atomic E-state index is 14.3. The molecular weight excluding hydrogens is 325 g/mol. The van der Waals surface area contributed by atoms with E-state index in [-0.39, 0.29) is 11.3 Å². The van der Waals surface area contributed by atoms with Gasteiger partial charge in [0.2, 0.25) is 0 Å². The summed E-state index contributed by atoms with van der Waals surface area (Å²) >= 11 is 0. The van der Waals surface area contributed by atoms with Crippen LogP contribution in [0.25, 0.3) is 11.1 Å². The smallest absolute Gasteiger partial charge is 0.426 e. The van der Waals surface area contributed by atoms with Gasteiger partial charge >= 0.3 is 6.11 Å². The van der Waals surface area contributed by atoms with Crippen molar-refractivity contribution in [2.45, 2.75) is 20.0 Å². The molecule has 3 aromatic carbocycles. The van der Waals surface area contributed by atoms with Gasteiger partial charge in [0.05, 0.1) is 5.56 Å². The normalized spacial score (nSPS) is 11.4. The number of alkyl halides is 2. The van der Waals surface area contributed by atoms with Crippen molar-refractivity contribution in [2.24, 2.45) is 0 Å². The largest absolute Gasteiger partial charge is 0.429 e. The monoisotopic (exact) mass is 342 g/mol. The average molecular weight is 342 g/mol. The Balaban J connectivity index is 1.82. The van der Waals surface area contributed by atoms with E-state index < -0.39 is 11.9 Å². The Morgan fingerprint density at radius 3 is 1.88 bits per heavy atom. The molecular formula is C21H17F3O. The molecule has 0 heterocycles. The van der Waals surface area contributed by atoms with Crippen LogP contribution >= 0.6 is 0 Å². The van der Waals surface area contributed by atoms with E-state index in [9.17, 15) is 13.2 Å². The van der Waals surface area contributed by atoms with Crippen molar-refractivity contribution in [3.05, 3.63) is 89.2 Å². The lowest BCUT2D eigenvalue weighted by Gasteiger charge is -2.19. The molecule has 0 unspecified atom stereocenters. The van der Waals surface area contributed by atoms with Crippen LogP contribution < -0.4 is 4.74 Å². The fourth-order valence-corrected chi connectivity index (χ4v) is 2.45. The highest BCUT2D eigenvalue weighted by Crippen LogP contribution is 2.33. The summed E-state index contributed by atoms with van der Waals surface area (Å²) in [5.74, 6) is -0.793. The average Bonchev–Trinajstić information content (AvgIpc) is 2.59. The summed E-state index contributed by atoms with van der Waals surface area (Å²) in [6, 6.07) is 17.4. The third kappa shape index (κ3) is 3.85. The zero-order chi connectivity index (χ0) is 18.0. The molecule has 0 aromatic heterocycles. The van der Waals surface area contributed by atoms with E-state index in [4.69, 9.17) is 4.74 Å². The van der Waals surface area contributed by atoms with Gasteiger partial charge in [0.1, 0.15) is 11.6 Å². The highest BCUT2D eigenvalue weighted by molar-refractivity contribution is 5.64. The fourth-order valence-electron chi connectivity index (χ4n) is 2.45. The maximum atomic E-state index is 14.3. The van der Waals surface area contributed by atoms with Crippen LogP contribution in [0, 0.1) is 19.7 Å². The quantitative estimate of drug-likeness (QED) is 0.545. The molecule has 0 saturated heterocycles. The van der Waals surface area contributed by atoms with Crippen LogP contribution in [0.4, 0.5) is 13.2 Å². The Morgan fingerprint density at radius 1 is 0.760 bits per heavy atom. The van der Waals surface area contributed by atoms with E-state index >= 15 is 0 Å². The molecule has 0 amide bonds. The van der Waals surface area contributed by atoms with E-state index in [0.29, 0.717) is 5.56 Å². The molecule has 4 heteroatoms. The van der Waals surface area contributed by atoms with Gasteiger partial charge in [0.25, 0.3) is 0 Å². The van der Waals surface area contributed by atoms with E-state index in [1.165, 1.54) is 24.3 Å². The van der Waals surface area contributed by atoms with E-state index in [1.807, 2.05) is 31.2 Å². The summed E-state index contributed by atoms with van der Waals surface area (Å²) < 4.78 is 46.8. The summed E-state index contributed by atoms with van der Waals surface area (Å²) in [7, 11) is 0. The second-order valence-electron chi connectivity index (χ2n) is 5.97. The lowest BCUT2D eigenvalue weighted by atomic mass is 10.0. The first-order valence-electron chi connectivity index (χ1n) is 7.86. The third-order valence-corrected chi connectivity index (χ3v) is 4.00. The first-order chi connectivity index (χ1) is 11.8. The second-order valence-corrected chi connectivity index (χ2v) is 5.97. The molecule has 0 radical (unpaired) electrons. The van der Waals surface area contributed by atoms with Gasteiger partial charge in [0, 0.05) is 6.07 Å². The van der Waals surface area contributed by atoms with Gasteiger partial charge in [-0.25, -0.2) is 4.39 Å². The van der Waals surface area contributed by atoms with Crippen molar-refractivity contribution >= 4 is 0 Å². The van der Waals surface area contributed by atoms with Crippen molar-refractivity contribution in [1.82, 2.24) is 0 Å². The van der Waals surface area contributed by atoms with E-state index in [1.54, 1.807) is 19.1 Å². The van der Waals surface area contributed by atoms with Gasteiger partial charge in [-0.2, -0.15) is 8.78 Å². The highest BCUT2D eigenvalue weighted by Gasteiger charge is 2.34. The number of hydrogen-bond donors (Lipinski definition) is 0. The minimum atomic E-state index is -3.55. The number of ether oxygens (including phenoxy) is 1. The summed E-state index contributed by atoms with van der Waals surface area (Å²) in [6.45, 7) is 3.54. The topological polar surface area (TPSA) is 9.23 Å². The Hall–Kier alpha value is -2.75. The second kappa shape index (κ2) is 6.63. The Morgan fingerprint density at radius 2 is 1.32 bits per heavy atom. The first kappa shape index (κ1) is 17.1. The minimum absolute atomic E-state index is 0.212. The van der Waals surface area contributed by atoms with Crippen molar-refractivity contribution < 1.29 is 17.9 Å². The number of aryl methyl sites for hydroxylation is 2. The summed E-state index contributed by atoms with van der Waals surface area (Å²) in [5, 5.41) is 0. The molecule has 3 aromatic rings. The van der Waals surface area contributed by atoms with Crippen molar-refractivity contribution in [1.29, 1.82) is 0 Å². The molecule has 0 N–H and O–H groups in total. The van der Waals surface area contributed by atoms with Crippen LogP contribution in [-0.4, -0.2) is 0 Å². The summed E-state index contributed by atoms with van der Waals surface area (Å²) in [5.41, 5.74) is 3.00. The number of benzene rings is 3. The van der Waals surface area contributed by atoms with Crippen LogP contribution in [0.3, 0.4) is 0 Å². The molecule has 0 saturated carbocycles. The molecule has 0 aliphatic carbocycles. The molecule has 1 nitrogen and oxygen atoms in total. The van der Waals surface area contributed by atoms with Gasteiger partial charge < -0.3 is 4.74 Å². The minimum Gasteiger partial charge on any atom is -0.429 e. The Bertz CT molecular complexity index is 869. The lowest BCUT2D eigenvalue weighted by molar-refractivity contribution is -0.185. The van der Waals surface area contributed by atoms with Crippen molar-refractivity contribution in [3.63, 3.8) is 0 Å². The predicted octanol–water partition coefficient (Wildman–Crippen LogP) is 6.24. The fraction of sp³-hybridized carbons (Fsp3) is 0.143. The molecule has 0 aliphatic rings. The molecule has 0 spiro atoms. The SMILES string of the molecule is Cc1ccc(-c2ccc(C(F)(F)Oc3ccc(C)c(F)c3)cc2)cc1. The Kier molecular flexibility index (Phi) is 4.53. The van der Waals surface area contributed by atoms with Gasteiger partial charge in [0.15, 0.2) is 0 Å². The molecule has 128 valence electrons. The number of halogens is 3. The Labute approximate surface area is 144 Å². The van der Waals surface area contributed by atoms with Gasteiger partial charge in [-0.1, -0.05) is 48.0 Å². The molecule has 0 aliphatic heterocycles. The summed E-state index contributed by atoms with van der Waals surface area (Å²) in [6.07, 6.45) is -3.55. The van der Waals surface area contributed by atoms with Gasteiger partial charge in [-0.3, -0.25) is 0 Å². The predicted molar refractivity (Wildman–Crippen MR) is 92.3 cm³/mol. The third-order valence-electron chi connectivity index (χ3n) is 4.00. The van der Waals surface area contributed by atoms with Crippen molar-refractivity contribution in [3.8, 4) is 16.9 Å². The van der Waals surface area contributed by atoms with Crippen molar-refractivity contribution in [2.75, 3.05) is 0 Å². The van der Waals surface area contributed by atoms with E-state index in [2.05, 4.69) is 0 Å². The van der Waals surface area contributed by atoms with Crippen LogP contribution in [0.2, 0.25) is 0 Å². The molecule has 0 atom stereocenters. The molecule has 25 heavy (non-hydrogen) atoms. The zero-order valence-corrected chi connectivity index (χ0v) is 13.9. The van der Waals surface area contributed by atoms with E-state index in [0.717, 1.165) is 22.8 Å². The van der Waals surface area contributed by atoms with Crippen LogP contribution in [0.1, 0.15) is 16.7 Å². The first-order valence-corrected chi connectivity index (χ1v) is 7.86. The number of rotatable bonds is 4. The molecule has 0 bridgehead atoms. The van der Waals surface area contributed by atoms with Crippen LogP contribution in [-0.2, 0) is 6.11 Å². The van der Waals surface area contributed by atoms with Gasteiger partial charge in [-0.15, -0.1) is 0 Å². The molecule has 3 rings (SSSR count). The lowest BCUT2D eigenvalue weighted by Crippen LogP contribution is -2.21. The standard InChI is InChI=1S/C21H17F3O/c1-14-3-6-16(7-4-14)17-8-10-18(11-9-17)21(23,24)25-19-12-5-15(2)20(22)13-19/h3-13H,1-2H3. The van der Waals surface area contributed by atoms with Gasteiger partial charge in [-0.05, 0) is 48.7 Å². The van der Waals surface area contributed by atoms with Crippen LogP contribution in [0.5, 0.6) is 5.75 Å². The number of hydrogen-bond acceptors (Lipinski definition) is 1.